The van der Waals surface area contributed by atoms with Crippen LogP contribution in [0.3, 0.4) is 0 Å². The highest BCUT2D eigenvalue weighted by Gasteiger charge is 2.25. The highest BCUT2D eigenvalue weighted by molar-refractivity contribution is 6.28. The van der Waals surface area contributed by atoms with E-state index in [1.165, 1.54) is 12.6 Å². The van der Waals surface area contributed by atoms with Gasteiger partial charge < -0.3 is 4.90 Å². The van der Waals surface area contributed by atoms with Gasteiger partial charge in [0.15, 0.2) is 0 Å². The first-order valence-corrected chi connectivity index (χ1v) is 6.91. The van der Waals surface area contributed by atoms with Crippen LogP contribution in [-0.4, -0.2) is 28.0 Å². The van der Waals surface area contributed by atoms with Gasteiger partial charge in [-0.05, 0) is 36.8 Å². The molecule has 1 aromatic heterocycles. The van der Waals surface area contributed by atoms with Crippen molar-refractivity contribution in [3.63, 3.8) is 0 Å². The van der Waals surface area contributed by atoms with Crippen LogP contribution in [0.1, 0.15) is 32.6 Å². The van der Waals surface area contributed by atoms with Gasteiger partial charge in [-0.1, -0.05) is 13.3 Å². The first-order chi connectivity index (χ1) is 9.11. The molecule has 2 heterocycles. The maximum absolute atomic E-state index is 11.0. The summed E-state index contributed by atoms with van der Waals surface area (Å²) in [5.41, 5.74) is -0.0700. The number of halogens is 1. The lowest BCUT2D eigenvalue weighted by Crippen LogP contribution is -2.26. The molecule has 0 aromatic carbocycles. The summed E-state index contributed by atoms with van der Waals surface area (Å²) in [6.07, 6.45) is 5.57. The third kappa shape index (κ3) is 3.32. The Morgan fingerprint density at radius 1 is 1.53 bits per heavy atom. The minimum Gasteiger partial charge on any atom is -0.351 e. The third-order valence-corrected chi connectivity index (χ3v) is 3.82. The average Bonchev–Trinajstić information content (AvgIpc) is 2.63. The molecule has 1 unspecified atom stereocenters. The van der Waals surface area contributed by atoms with Crippen molar-refractivity contribution in [2.24, 2.45) is 5.92 Å². The summed E-state index contributed by atoms with van der Waals surface area (Å²) in [7, 11) is 0. The number of nitrogens with zero attached hydrogens (tertiary/aromatic N) is 4. The Morgan fingerprint density at radius 2 is 2.32 bits per heavy atom. The zero-order valence-electron chi connectivity index (χ0n) is 10.9. The van der Waals surface area contributed by atoms with Crippen molar-refractivity contribution in [1.29, 1.82) is 0 Å². The molecule has 0 bridgehead atoms. The number of anilines is 1. The van der Waals surface area contributed by atoms with Gasteiger partial charge in [-0.15, -0.1) is 0 Å². The van der Waals surface area contributed by atoms with Crippen LogP contribution < -0.4 is 4.90 Å². The SMILES string of the molecule is CCC1CCCN(c2nc(Cl)ncc2[N+](=O)[O-])CC1. The van der Waals surface area contributed by atoms with Gasteiger partial charge in [0.05, 0.1) is 4.92 Å². The van der Waals surface area contributed by atoms with Crippen molar-refractivity contribution in [2.75, 3.05) is 18.0 Å². The van der Waals surface area contributed by atoms with Crippen LogP contribution in [-0.2, 0) is 0 Å². The van der Waals surface area contributed by atoms with E-state index in [0.717, 1.165) is 32.4 Å². The second kappa shape index (κ2) is 6.14. The Balaban J connectivity index is 2.25. The maximum atomic E-state index is 11.0. The molecule has 1 aliphatic heterocycles. The zero-order chi connectivity index (χ0) is 13.8. The molecule has 0 saturated carbocycles. The Labute approximate surface area is 117 Å². The van der Waals surface area contributed by atoms with E-state index in [2.05, 4.69) is 16.9 Å². The smallest absolute Gasteiger partial charge is 0.329 e. The quantitative estimate of drug-likeness (QED) is 0.484. The van der Waals surface area contributed by atoms with Gasteiger partial charge in [-0.25, -0.2) is 4.98 Å². The molecule has 1 aromatic rings. The van der Waals surface area contributed by atoms with Crippen LogP contribution in [0.15, 0.2) is 6.20 Å². The fourth-order valence-electron chi connectivity index (χ4n) is 2.49. The van der Waals surface area contributed by atoms with Gasteiger partial charge in [0.1, 0.15) is 6.20 Å². The normalized spacial score (nSPS) is 20.1. The van der Waals surface area contributed by atoms with Crippen molar-refractivity contribution in [2.45, 2.75) is 32.6 Å². The summed E-state index contributed by atoms with van der Waals surface area (Å²) in [6.45, 7) is 3.75. The fourth-order valence-corrected chi connectivity index (χ4v) is 2.62. The fraction of sp³-hybridized carbons (Fsp3) is 0.667. The molecule has 0 aliphatic carbocycles. The summed E-state index contributed by atoms with van der Waals surface area (Å²) in [5, 5.41) is 11.1. The molecule has 19 heavy (non-hydrogen) atoms. The van der Waals surface area contributed by atoms with Crippen LogP contribution in [0.5, 0.6) is 0 Å². The lowest BCUT2D eigenvalue weighted by Gasteiger charge is -2.21. The number of hydrogen-bond acceptors (Lipinski definition) is 5. The highest BCUT2D eigenvalue weighted by Crippen LogP contribution is 2.29. The lowest BCUT2D eigenvalue weighted by molar-refractivity contribution is -0.384. The van der Waals surface area contributed by atoms with E-state index in [4.69, 9.17) is 11.6 Å². The van der Waals surface area contributed by atoms with Gasteiger partial charge in [-0.3, -0.25) is 10.1 Å². The Hall–Kier alpha value is -1.43. The molecule has 104 valence electrons. The predicted molar refractivity (Wildman–Crippen MR) is 73.5 cm³/mol. The molecule has 0 amide bonds. The first kappa shape index (κ1) is 14.0. The van der Waals surface area contributed by atoms with E-state index in [1.807, 2.05) is 4.90 Å². The van der Waals surface area contributed by atoms with Crippen molar-refractivity contribution >= 4 is 23.1 Å². The van der Waals surface area contributed by atoms with Crippen molar-refractivity contribution in [1.82, 2.24) is 9.97 Å². The molecule has 1 fully saturated rings. The van der Waals surface area contributed by atoms with Gasteiger partial charge in [0.2, 0.25) is 11.1 Å². The van der Waals surface area contributed by atoms with Crippen LogP contribution in [0.25, 0.3) is 0 Å². The standard InChI is InChI=1S/C12H17ClN4O2/c1-2-9-4-3-6-16(7-5-9)11-10(17(18)19)8-14-12(13)15-11/h8-9H,2-7H2,1H3. The molecule has 2 rings (SSSR count). The summed E-state index contributed by atoms with van der Waals surface area (Å²) in [5.74, 6) is 1.04. The van der Waals surface area contributed by atoms with Crippen molar-refractivity contribution in [3.05, 3.63) is 21.6 Å². The number of hydrogen-bond donors (Lipinski definition) is 0. The Bertz CT molecular complexity index is 469. The molecule has 0 N–H and O–H groups in total. The van der Waals surface area contributed by atoms with Crippen LogP contribution in [0.4, 0.5) is 11.5 Å². The van der Waals surface area contributed by atoms with E-state index in [9.17, 15) is 10.1 Å². The summed E-state index contributed by atoms with van der Waals surface area (Å²) >= 11 is 5.77. The minimum absolute atomic E-state index is 0.0527. The monoisotopic (exact) mass is 284 g/mol. The van der Waals surface area contributed by atoms with E-state index in [1.54, 1.807) is 0 Å². The predicted octanol–water partition coefficient (Wildman–Crippen LogP) is 3.05. The van der Waals surface area contributed by atoms with Gasteiger partial charge in [0, 0.05) is 13.1 Å². The van der Waals surface area contributed by atoms with Crippen LogP contribution >= 0.6 is 11.6 Å². The minimum atomic E-state index is -0.451. The topological polar surface area (TPSA) is 72.2 Å². The van der Waals surface area contributed by atoms with Gasteiger partial charge >= 0.3 is 5.69 Å². The second-order valence-corrected chi connectivity index (χ2v) is 5.14. The number of nitro groups is 1. The second-order valence-electron chi connectivity index (χ2n) is 4.80. The maximum Gasteiger partial charge on any atom is 0.329 e. The molecular weight excluding hydrogens is 268 g/mol. The van der Waals surface area contributed by atoms with E-state index in [-0.39, 0.29) is 11.0 Å². The molecule has 7 heteroatoms. The van der Waals surface area contributed by atoms with Crippen molar-refractivity contribution in [3.8, 4) is 0 Å². The Kier molecular flexibility index (Phi) is 4.52. The molecule has 0 spiro atoms. The first-order valence-electron chi connectivity index (χ1n) is 6.53. The summed E-state index contributed by atoms with van der Waals surface area (Å²) < 4.78 is 0. The summed E-state index contributed by atoms with van der Waals surface area (Å²) in [4.78, 5) is 20.3. The molecule has 0 radical (unpaired) electrons. The zero-order valence-corrected chi connectivity index (χ0v) is 11.6. The Morgan fingerprint density at radius 3 is 3.00 bits per heavy atom. The van der Waals surface area contributed by atoms with Gasteiger partial charge in [-0.2, -0.15) is 4.98 Å². The van der Waals surface area contributed by atoms with E-state index in [0.29, 0.717) is 11.7 Å². The van der Waals surface area contributed by atoms with Crippen molar-refractivity contribution < 1.29 is 4.92 Å². The molecule has 1 aliphatic rings. The summed E-state index contributed by atoms with van der Waals surface area (Å²) in [6, 6.07) is 0. The van der Waals surface area contributed by atoms with E-state index >= 15 is 0 Å². The number of aromatic nitrogens is 2. The molecule has 1 atom stereocenters. The number of rotatable bonds is 3. The average molecular weight is 285 g/mol. The molecule has 6 nitrogen and oxygen atoms in total. The third-order valence-electron chi connectivity index (χ3n) is 3.64. The molecule has 1 saturated heterocycles. The van der Waals surface area contributed by atoms with Crippen LogP contribution in [0, 0.1) is 16.0 Å². The molecular formula is C12H17ClN4O2. The highest BCUT2D eigenvalue weighted by atomic mass is 35.5. The largest absolute Gasteiger partial charge is 0.351 e. The van der Waals surface area contributed by atoms with Crippen LogP contribution in [0.2, 0.25) is 5.28 Å². The lowest BCUT2D eigenvalue weighted by atomic mass is 9.98. The van der Waals surface area contributed by atoms with Gasteiger partial charge in [0.25, 0.3) is 0 Å². The van der Waals surface area contributed by atoms with E-state index < -0.39 is 4.92 Å².